The monoisotopic (exact) mass is 214 g/mol. The summed E-state index contributed by atoms with van der Waals surface area (Å²) in [6.07, 6.45) is 3.59. The van der Waals surface area contributed by atoms with Crippen LogP contribution in [-0.2, 0) is 4.74 Å². The maximum atomic E-state index is 6.34. The first-order valence-corrected chi connectivity index (χ1v) is 6.22. The van der Waals surface area contributed by atoms with Crippen molar-refractivity contribution in [2.45, 2.75) is 51.7 Å². The van der Waals surface area contributed by atoms with Crippen LogP contribution >= 0.6 is 0 Å². The van der Waals surface area contributed by atoms with Crippen LogP contribution in [0.25, 0.3) is 0 Å². The Morgan fingerprint density at radius 1 is 1.40 bits per heavy atom. The van der Waals surface area contributed by atoms with E-state index in [4.69, 9.17) is 10.5 Å². The zero-order valence-electron chi connectivity index (χ0n) is 10.5. The van der Waals surface area contributed by atoms with Crippen molar-refractivity contribution in [2.75, 3.05) is 26.2 Å². The number of hydrogen-bond donors (Lipinski definition) is 1. The molecule has 0 radical (unpaired) electrons. The van der Waals surface area contributed by atoms with Crippen LogP contribution in [0.4, 0.5) is 0 Å². The van der Waals surface area contributed by atoms with Crippen molar-refractivity contribution in [3.63, 3.8) is 0 Å². The van der Waals surface area contributed by atoms with Gasteiger partial charge in [0.2, 0.25) is 0 Å². The lowest BCUT2D eigenvalue weighted by atomic mass is 9.93. The van der Waals surface area contributed by atoms with Gasteiger partial charge in [-0.05, 0) is 26.2 Å². The number of hydrogen-bond acceptors (Lipinski definition) is 3. The lowest BCUT2D eigenvalue weighted by Gasteiger charge is -2.34. The Kier molecular flexibility index (Phi) is 5.03. The van der Waals surface area contributed by atoms with Crippen LogP contribution in [0.15, 0.2) is 0 Å². The van der Waals surface area contributed by atoms with Gasteiger partial charge < -0.3 is 10.5 Å². The van der Waals surface area contributed by atoms with Crippen molar-refractivity contribution in [2.24, 2.45) is 5.73 Å². The Morgan fingerprint density at radius 2 is 2.07 bits per heavy atom. The average Bonchev–Trinajstić information content (AvgIpc) is 2.42. The van der Waals surface area contributed by atoms with Gasteiger partial charge in [0.05, 0.1) is 6.10 Å². The molecule has 0 aromatic heterocycles. The molecule has 1 aliphatic rings. The molecule has 0 spiro atoms. The largest absolute Gasteiger partial charge is 0.377 e. The zero-order chi connectivity index (χ0) is 11.3. The Labute approximate surface area is 94.0 Å². The molecule has 3 nitrogen and oxygen atoms in total. The van der Waals surface area contributed by atoms with E-state index in [1.54, 1.807) is 0 Å². The molecular weight excluding hydrogens is 188 g/mol. The molecule has 1 fully saturated rings. The van der Waals surface area contributed by atoms with Crippen molar-refractivity contribution in [1.82, 2.24) is 4.90 Å². The maximum absolute atomic E-state index is 6.34. The van der Waals surface area contributed by atoms with Crippen molar-refractivity contribution < 1.29 is 4.74 Å². The summed E-state index contributed by atoms with van der Waals surface area (Å²) >= 11 is 0. The molecule has 1 saturated heterocycles. The lowest BCUT2D eigenvalue weighted by Crippen LogP contribution is -2.50. The average molecular weight is 214 g/mol. The summed E-state index contributed by atoms with van der Waals surface area (Å²) < 4.78 is 5.63. The number of nitrogens with zero attached hydrogens (tertiary/aromatic N) is 1. The second-order valence-corrected chi connectivity index (χ2v) is 4.84. The van der Waals surface area contributed by atoms with Crippen LogP contribution in [0.1, 0.15) is 40.0 Å². The number of rotatable bonds is 4. The molecule has 0 saturated carbocycles. The molecule has 0 aromatic carbocycles. The van der Waals surface area contributed by atoms with E-state index >= 15 is 0 Å². The van der Waals surface area contributed by atoms with Crippen molar-refractivity contribution in [3.05, 3.63) is 0 Å². The van der Waals surface area contributed by atoms with Crippen molar-refractivity contribution in [3.8, 4) is 0 Å². The van der Waals surface area contributed by atoms with Gasteiger partial charge >= 0.3 is 0 Å². The summed E-state index contributed by atoms with van der Waals surface area (Å²) in [6.45, 7) is 10.6. The summed E-state index contributed by atoms with van der Waals surface area (Å²) in [5.74, 6) is 0. The van der Waals surface area contributed by atoms with E-state index in [-0.39, 0.29) is 5.54 Å². The predicted molar refractivity (Wildman–Crippen MR) is 64.0 cm³/mol. The van der Waals surface area contributed by atoms with E-state index in [1.165, 1.54) is 0 Å². The fourth-order valence-corrected chi connectivity index (χ4v) is 2.14. The standard InChI is InChI=1S/C12H26N2O/c1-4-12(13,5-2)10-14-7-6-8-15-11(3)9-14/h11H,4-10,13H2,1-3H3. The molecule has 2 N–H and O–H groups in total. The fraction of sp³-hybridized carbons (Fsp3) is 1.00. The third-order valence-corrected chi connectivity index (χ3v) is 3.48. The Bertz CT molecular complexity index is 180. The first-order valence-electron chi connectivity index (χ1n) is 6.22. The fourth-order valence-electron chi connectivity index (χ4n) is 2.14. The summed E-state index contributed by atoms with van der Waals surface area (Å²) in [4.78, 5) is 2.46. The third-order valence-electron chi connectivity index (χ3n) is 3.48. The summed E-state index contributed by atoms with van der Waals surface area (Å²) in [5.41, 5.74) is 6.33. The molecule has 0 bridgehead atoms. The van der Waals surface area contributed by atoms with E-state index < -0.39 is 0 Å². The quantitative estimate of drug-likeness (QED) is 0.773. The third kappa shape index (κ3) is 4.09. The highest BCUT2D eigenvalue weighted by Gasteiger charge is 2.25. The highest BCUT2D eigenvalue weighted by Crippen LogP contribution is 2.15. The van der Waals surface area contributed by atoms with Gasteiger partial charge in [-0.25, -0.2) is 0 Å². The lowest BCUT2D eigenvalue weighted by molar-refractivity contribution is 0.0639. The van der Waals surface area contributed by atoms with Crippen molar-refractivity contribution in [1.29, 1.82) is 0 Å². The Morgan fingerprint density at radius 3 is 2.67 bits per heavy atom. The summed E-state index contributed by atoms with van der Waals surface area (Å²) in [6, 6.07) is 0. The molecule has 1 unspecified atom stereocenters. The molecule has 1 atom stereocenters. The number of nitrogens with two attached hydrogens (primary N) is 1. The van der Waals surface area contributed by atoms with Crippen molar-refractivity contribution >= 4 is 0 Å². The molecule has 0 aromatic rings. The van der Waals surface area contributed by atoms with Crippen LogP contribution in [0.5, 0.6) is 0 Å². The first kappa shape index (κ1) is 12.9. The van der Waals surface area contributed by atoms with Gasteiger partial charge in [-0.15, -0.1) is 0 Å². The van der Waals surface area contributed by atoms with Gasteiger partial charge in [0.25, 0.3) is 0 Å². The number of ether oxygens (including phenoxy) is 1. The zero-order valence-corrected chi connectivity index (χ0v) is 10.5. The normalized spacial score (nSPS) is 25.2. The highest BCUT2D eigenvalue weighted by molar-refractivity contribution is 4.85. The molecule has 0 amide bonds. The SMILES string of the molecule is CCC(N)(CC)CN1CCCOC(C)C1. The van der Waals surface area contributed by atoms with Gasteiger partial charge in [-0.1, -0.05) is 13.8 Å². The highest BCUT2D eigenvalue weighted by atomic mass is 16.5. The molecule has 1 aliphatic heterocycles. The van der Waals surface area contributed by atoms with Crippen LogP contribution in [0, 0.1) is 0 Å². The summed E-state index contributed by atoms with van der Waals surface area (Å²) in [7, 11) is 0. The predicted octanol–water partition coefficient (Wildman–Crippen LogP) is 1.61. The first-order chi connectivity index (χ1) is 7.09. The maximum Gasteiger partial charge on any atom is 0.0673 e. The van der Waals surface area contributed by atoms with E-state index in [1.807, 2.05) is 0 Å². The van der Waals surface area contributed by atoms with Gasteiger partial charge in [-0.3, -0.25) is 4.90 Å². The molecule has 3 heteroatoms. The minimum atomic E-state index is -0.00986. The van der Waals surface area contributed by atoms with Gasteiger partial charge in [0.1, 0.15) is 0 Å². The topological polar surface area (TPSA) is 38.5 Å². The Balaban J connectivity index is 2.47. The van der Waals surface area contributed by atoms with Gasteiger partial charge in [-0.2, -0.15) is 0 Å². The summed E-state index contributed by atoms with van der Waals surface area (Å²) in [5, 5.41) is 0. The molecule has 1 rings (SSSR count). The van der Waals surface area contributed by atoms with E-state index in [0.29, 0.717) is 6.10 Å². The molecular formula is C12H26N2O. The molecule has 0 aliphatic carbocycles. The molecule has 90 valence electrons. The Hall–Kier alpha value is -0.120. The smallest absolute Gasteiger partial charge is 0.0673 e. The molecule has 15 heavy (non-hydrogen) atoms. The van der Waals surface area contributed by atoms with Crippen LogP contribution in [-0.4, -0.2) is 42.8 Å². The second-order valence-electron chi connectivity index (χ2n) is 4.84. The van der Waals surface area contributed by atoms with Gasteiger partial charge in [0.15, 0.2) is 0 Å². The second kappa shape index (κ2) is 5.83. The van der Waals surface area contributed by atoms with E-state index in [9.17, 15) is 0 Å². The minimum Gasteiger partial charge on any atom is -0.377 e. The van der Waals surface area contributed by atoms with Gasteiger partial charge in [0, 0.05) is 31.8 Å². The minimum absolute atomic E-state index is 0.00986. The van der Waals surface area contributed by atoms with Crippen LogP contribution < -0.4 is 5.73 Å². The van der Waals surface area contributed by atoms with E-state index in [2.05, 4.69) is 25.7 Å². The van der Waals surface area contributed by atoms with Crippen LogP contribution in [0.3, 0.4) is 0 Å². The van der Waals surface area contributed by atoms with E-state index in [0.717, 1.165) is 45.5 Å². The van der Waals surface area contributed by atoms with Crippen LogP contribution in [0.2, 0.25) is 0 Å². The molecule has 1 heterocycles.